The van der Waals surface area contributed by atoms with Gasteiger partial charge in [-0.3, -0.25) is 4.79 Å². The van der Waals surface area contributed by atoms with Crippen LogP contribution in [0, 0.1) is 0 Å². The summed E-state index contributed by atoms with van der Waals surface area (Å²) >= 11 is 0. The molecule has 0 unspecified atom stereocenters. The summed E-state index contributed by atoms with van der Waals surface area (Å²) in [5, 5.41) is 0. The first kappa shape index (κ1) is 12.9. The van der Waals surface area contributed by atoms with Gasteiger partial charge in [-0.2, -0.15) is 0 Å². The third-order valence-corrected chi connectivity index (χ3v) is 3.24. The molecule has 4 nitrogen and oxygen atoms in total. The van der Waals surface area contributed by atoms with Crippen molar-refractivity contribution in [3.05, 3.63) is 23.4 Å². The predicted molar refractivity (Wildman–Crippen MR) is 72.4 cm³/mol. The highest BCUT2D eigenvalue weighted by molar-refractivity contribution is 5.95. The lowest BCUT2D eigenvalue weighted by atomic mass is 10.1. The van der Waals surface area contributed by atoms with Crippen LogP contribution in [-0.2, 0) is 6.42 Å². The number of aryl methyl sites for hydroxylation is 1. The average Bonchev–Trinajstić information content (AvgIpc) is 3.14. The fourth-order valence-corrected chi connectivity index (χ4v) is 2.24. The normalized spacial score (nSPS) is 14.6. The average molecular weight is 247 g/mol. The topological polar surface area (TPSA) is 59.2 Å². The third kappa shape index (κ3) is 2.81. The van der Waals surface area contributed by atoms with Crippen molar-refractivity contribution in [3.63, 3.8) is 0 Å². The van der Waals surface area contributed by atoms with Crippen molar-refractivity contribution >= 4 is 11.7 Å². The zero-order valence-corrected chi connectivity index (χ0v) is 11.1. The Balaban J connectivity index is 2.22. The molecule has 1 aliphatic carbocycles. The van der Waals surface area contributed by atoms with Gasteiger partial charge in [-0.25, -0.2) is 4.98 Å². The summed E-state index contributed by atoms with van der Waals surface area (Å²) in [5.74, 6) is 0.530. The van der Waals surface area contributed by atoms with Crippen LogP contribution in [0.1, 0.15) is 49.2 Å². The molecule has 2 N–H and O–H groups in total. The molecule has 1 aliphatic rings. The number of carbonyl (C=O) groups excluding carboxylic acids is 1. The highest BCUT2D eigenvalue weighted by Gasteiger charge is 2.32. The van der Waals surface area contributed by atoms with Crippen molar-refractivity contribution in [2.24, 2.45) is 0 Å². The van der Waals surface area contributed by atoms with Crippen LogP contribution in [-0.4, -0.2) is 28.4 Å². The van der Waals surface area contributed by atoms with Gasteiger partial charge in [0.15, 0.2) is 0 Å². The smallest absolute Gasteiger partial charge is 0.254 e. The second-order valence-electron chi connectivity index (χ2n) is 4.84. The van der Waals surface area contributed by atoms with Gasteiger partial charge in [0.05, 0.1) is 0 Å². The summed E-state index contributed by atoms with van der Waals surface area (Å²) in [5.41, 5.74) is 7.37. The number of anilines is 1. The largest absolute Gasteiger partial charge is 0.384 e. The molecule has 1 saturated carbocycles. The van der Waals surface area contributed by atoms with Gasteiger partial charge in [0, 0.05) is 23.8 Å². The molecule has 4 heteroatoms. The predicted octanol–water partition coefficient (Wildman–Crippen LogP) is 2.24. The Labute approximate surface area is 108 Å². The van der Waals surface area contributed by atoms with Crippen molar-refractivity contribution in [2.45, 2.75) is 45.6 Å². The van der Waals surface area contributed by atoms with Crippen LogP contribution in [0.25, 0.3) is 0 Å². The first-order valence-electron chi connectivity index (χ1n) is 6.73. The van der Waals surface area contributed by atoms with E-state index in [0.29, 0.717) is 17.4 Å². The molecule has 1 fully saturated rings. The van der Waals surface area contributed by atoms with E-state index in [-0.39, 0.29) is 5.91 Å². The summed E-state index contributed by atoms with van der Waals surface area (Å²) in [6.07, 6.45) is 4.12. The molecule has 1 aromatic heterocycles. The molecule has 0 aromatic carbocycles. The minimum absolute atomic E-state index is 0.0893. The van der Waals surface area contributed by atoms with Gasteiger partial charge in [0.25, 0.3) is 5.91 Å². The van der Waals surface area contributed by atoms with Crippen LogP contribution >= 0.6 is 0 Å². The minimum Gasteiger partial charge on any atom is -0.384 e. The molecule has 18 heavy (non-hydrogen) atoms. The van der Waals surface area contributed by atoms with Crippen molar-refractivity contribution in [3.8, 4) is 0 Å². The second kappa shape index (κ2) is 5.38. The highest BCUT2D eigenvalue weighted by Crippen LogP contribution is 2.28. The number of hydrogen-bond acceptors (Lipinski definition) is 3. The standard InChI is InChI=1S/C14H21N3O/c1-3-5-11-8-10(9-13(15)16-11)14(18)17(4-2)12-6-7-12/h8-9,12H,3-7H2,1-2H3,(H2,15,16). The highest BCUT2D eigenvalue weighted by atomic mass is 16.2. The Bertz CT molecular complexity index is 441. The summed E-state index contributed by atoms with van der Waals surface area (Å²) < 4.78 is 0. The van der Waals surface area contributed by atoms with Gasteiger partial charge in [-0.05, 0) is 38.3 Å². The maximum absolute atomic E-state index is 12.4. The first-order valence-corrected chi connectivity index (χ1v) is 6.73. The van der Waals surface area contributed by atoms with Crippen molar-refractivity contribution < 1.29 is 4.79 Å². The van der Waals surface area contributed by atoms with Crippen LogP contribution < -0.4 is 5.73 Å². The summed E-state index contributed by atoms with van der Waals surface area (Å²) in [6.45, 7) is 4.87. The molecular formula is C14H21N3O. The van der Waals surface area contributed by atoms with Gasteiger partial charge in [0.2, 0.25) is 0 Å². The lowest BCUT2D eigenvalue weighted by molar-refractivity contribution is 0.0752. The first-order chi connectivity index (χ1) is 8.65. The number of pyridine rings is 1. The van der Waals surface area contributed by atoms with Crippen molar-refractivity contribution in [1.82, 2.24) is 9.88 Å². The van der Waals surface area contributed by atoms with Gasteiger partial charge in [-0.1, -0.05) is 13.3 Å². The lowest BCUT2D eigenvalue weighted by Crippen LogP contribution is -2.33. The Hall–Kier alpha value is -1.58. The van der Waals surface area contributed by atoms with Crippen LogP contribution in [0.15, 0.2) is 12.1 Å². The number of amides is 1. The maximum Gasteiger partial charge on any atom is 0.254 e. The van der Waals surface area contributed by atoms with Crippen LogP contribution in [0.2, 0.25) is 0 Å². The number of nitrogen functional groups attached to an aromatic ring is 1. The Kier molecular flexibility index (Phi) is 3.84. The van der Waals surface area contributed by atoms with Crippen LogP contribution in [0.4, 0.5) is 5.82 Å². The number of nitrogens with zero attached hydrogens (tertiary/aromatic N) is 2. The Morgan fingerprint density at radius 1 is 1.44 bits per heavy atom. The number of nitrogens with two attached hydrogens (primary N) is 1. The Morgan fingerprint density at radius 2 is 2.17 bits per heavy atom. The van der Waals surface area contributed by atoms with E-state index in [4.69, 9.17) is 5.73 Å². The fourth-order valence-electron chi connectivity index (χ4n) is 2.24. The van der Waals surface area contributed by atoms with E-state index in [2.05, 4.69) is 11.9 Å². The zero-order valence-electron chi connectivity index (χ0n) is 11.1. The fraction of sp³-hybridized carbons (Fsp3) is 0.571. The number of rotatable bonds is 5. The van der Waals surface area contributed by atoms with E-state index >= 15 is 0 Å². The van der Waals surface area contributed by atoms with Gasteiger partial charge in [-0.15, -0.1) is 0 Å². The summed E-state index contributed by atoms with van der Waals surface area (Å²) in [7, 11) is 0. The van der Waals surface area contributed by atoms with Crippen LogP contribution in [0.3, 0.4) is 0 Å². The number of carbonyl (C=O) groups is 1. The molecule has 1 aromatic rings. The molecule has 2 rings (SSSR count). The van der Waals surface area contributed by atoms with Crippen LogP contribution in [0.5, 0.6) is 0 Å². The van der Waals surface area contributed by atoms with E-state index < -0.39 is 0 Å². The maximum atomic E-state index is 12.4. The van der Waals surface area contributed by atoms with Gasteiger partial charge >= 0.3 is 0 Å². The number of aromatic nitrogens is 1. The zero-order chi connectivity index (χ0) is 13.1. The van der Waals surface area contributed by atoms with E-state index in [0.717, 1.165) is 37.9 Å². The SMILES string of the molecule is CCCc1cc(C(=O)N(CC)C2CC2)cc(N)n1. The van der Waals surface area contributed by atoms with E-state index in [1.165, 1.54) is 0 Å². The van der Waals surface area contributed by atoms with Crippen molar-refractivity contribution in [2.75, 3.05) is 12.3 Å². The summed E-state index contributed by atoms with van der Waals surface area (Å²) in [4.78, 5) is 18.6. The van der Waals surface area contributed by atoms with Gasteiger partial charge in [0.1, 0.15) is 5.82 Å². The number of hydrogen-bond donors (Lipinski definition) is 1. The molecule has 98 valence electrons. The van der Waals surface area contributed by atoms with E-state index in [9.17, 15) is 4.79 Å². The third-order valence-electron chi connectivity index (χ3n) is 3.24. The molecule has 0 atom stereocenters. The monoisotopic (exact) mass is 247 g/mol. The molecule has 0 saturated heterocycles. The molecular weight excluding hydrogens is 226 g/mol. The molecule has 0 bridgehead atoms. The van der Waals surface area contributed by atoms with Crippen molar-refractivity contribution in [1.29, 1.82) is 0 Å². The Morgan fingerprint density at radius 3 is 2.72 bits per heavy atom. The minimum atomic E-state index is 0.0893. The van der Waals surface area contributed by atoms with E-state index in [1.54, 1.807) is 6.07 Å². The second-order valence-corrected chi connectivity index (χ2v) is 4.84. The lowest BCUT2D eigenvalue weighted by Gasteiger charge is -2.20. The molecule has 0 aliphatic heterocycles. The van der Waals surface area contributed by atoms with Gasteiger partial charge < -0.3 is 10.6 Å². The van der Waals surface area contributed by atoms with E-state index in [1.807, 2.05) is 17.9 Å². The molecule has 0 radical (unpaired) electrons. The molecule has 1 heterocycles. The molecule has 1 amide bonds. The molecule has 0 spiro atoms. The summed E-state index contributed by atoms with van der Waals surface area (Å²) in [6, 6.07) is 4.01. The quantitative estimate of drug-likeness (QED) is 0.868.